The fraction of sp³-hybridized carbons (Fsp3) is 0.500. The molecule has 114 valence electrons. The SMILES string of the molecule is COc1ccc(N2CCN(C(=O)C(C)C)[C@@H](C)C2=O)cc1. The zero-order chi connectivity index (χ0) is 15.6. The molecule has 1 atom stereocenters. The number of hydrogen-bond acceptors (Lipinski definition) is 3. The van der Waals surface area contributed by atoms with Gasteiger partial charge in [-0.1, -0.05) is 13.8 Å². The number of hydrogen-bond donors (Lipinski definition) is 0. The second-order valence-corrected chi connectivity index (χ2v) is 5.55. The van der Waals surface area contributed by atoms with E-state index in [1.165, 1.54) is 0 Å². The Kier molecular flexibility index (Phi) is 4.50. The summed E-state index contributed by atoms with van der Waals surface area (Å²) in [7, 11) is 1.61. The van der Waals surface area contributed by atoms with Crippen molar-refractivity contribution in [1.29, 1.82) is 0 Å². The summed E-state index contributed by atoms with van der Waals surface area (Å²) in [5, 5.41) is 0. The Morgan fingerprint density at radius 3 is 2.38 bits per heavy atom. The Balaban J connectivity index is 2.15. The summed E-state index contributed by atoms with van der Waals surface area (Å²) in [5.74, 6) is 0.659. The van der Waals surface area contributed by atoms with E-state index in [1.54, 1.807) is 23.8 Å². The summed E-state index contributed by atoms with van der Waals surface area (Å²) in [6.07, 6.45) is 0. The number of anilines is 1. The van der Waals surface area contributed by atoms with Gasteiger partial charge in [-0.3, -0.25) is 9.59 Å². The molecule has 0 bridgehead atoms. The lowest BCUT2D eigenvalue weighted by atomic mass is 10.1. The van der Waals surface area contributed by atoms with Crippen LogP contribution >= 0.6 is 0 Å². The minimum Gasteiger partial charge on any atom is -0.497 e. The lowest BCUT2D eigenvalue weighted by molar-refractivity contribution is -0.143. The Morgan fingerprint density at radius 2 is 1.86 bits per heavy atom. The number of ether oxygens (including phenoxy) is 1. The van der Waals surface area contributed by atoms with Gasteiger partial charge in [-0.25, -0.2) is 0 Å². The van der Waals surface area contributed by atoms with E-state index in [-0.39, 0.29) is 17.7 Å². The molecular weight excluding hydrogens is 268 g/mol. The van der Waals surface area contributed by atoms with E-state index in [1.807, 2.05) is 38.1 Å². The van der Waals surface area contributed by atoms with Crippen LogP contribution in [0, 0.1) is 5.92 Å². The maximum absolute atomic E-state index is 12.5. The smallest absolute Gasteiger partial charge is 0.249 e. The number of methoxy groups -OCH3 is 1. The van der Waals surface area contributed by atoms with Crippen molar-refractivity contribution in [2.24, 2.45) is 5.92 Å². The minimum absolute atomic E-state index is 0.0326. The molecule has 0 spiro atoms. The van der Waals surface area contributed by atoms with Crippen LogP contribution in [0.3, 0.4) is 0 Å². The normalized spacial score (nSPS) is 19.1. The summed E-state index contributed by atoms with van der Waals surface area (Å²) >= 11 is 0. The lowest BCUT2D eigenvalue weighted by Gasteiger charge is -2.39. The molecule has 0 saturated carbocycles. The molecule has 2 rings (SSSR count). The number of carbonyl (C=O) groups is 2. The van der Waals surface area contributed by atoms with E-state index < -0.39 is 6.04 Å². The molecule has 5 heteroatoms. The van der Waals surface area contributed by atoms with Crippen LogP contribution in [0.15, 0.2) is 24.3 Å². The first-order chi connectivity index (χ1) is 9.95. The van der Waals surface area contributed by atoms with Crippen LogP contribution in [0.1, 0.15) is 20.8 Å². The van der Waals surface area contributed by atoms with Gasteiger partial charge in [0.2, 0.25) is 11.8 Å². The third-order valence-corrected chi connectivity index (χ3v) is 3.82. The molecule has 2 amide bonds. The molecule has 1 aromatic carbocycles. The van der Waals surface area contributed by atoms with Crippen LogP contribution < -0.4 is 9.64 Å². The van der Waals surface area contributed by atoms with Gasteiger partial charge in [0.1, 0.15) is 11.8 Å². The van der Waals surface area contributed by atoms with Gasteiger partial charge in [0.05, 0.1) is 7.11 Å². The quantitative estimate of drug-likeness (QED) is 0.854. The molecule has 1 heterocycles. The third-order valence-electron chi connectivity index (χ3n) is 3.82. The highest BCUT2D eigenvalue weighted by Gasteiger charge is 2.35. The predicted molar refractivity (Wildman–Crippen MR) is 81.4 cm³/mol. The Morgan fingerprint density at radius 1 is 1.24 bits per heavy atom. The summed E-state index contributed by atoms with van der Waals surface area (Å²) in [6, 6.07) is 6.97. The fourth-order valence-electron chi connectivity index (χ4n) is 2.52. The highest BCUT2D eigenvalue weighted by atomic mass is 16.5. The van der Waals surface area contributed by atoms with Gasteiger partial charge in [-0.15, -0.1) is 0 Å². The predicted octanol–water partition coefficient (Wildman–Crippen LogP) is 1.91. The summed E-state index contributed by atoms with van der Waals surface area (Å²) in [6.45, 7) is 6.59. The van der Waals surface area contributed by atoms with E-state index in [2.05, 4.69) is 0 Å². The van der Waals surface area contributed by atoms with Gasteiger partial charge >= 0.3 is 0 Å². The van der Waals surface area contributed by atoms with Crippen molar-refractivity contribution in [1.82, 2.24) is 4.90 Å². The van der Waals surface area contributed by atoms with Gasteiger partial charge < -0.3 is 14.5 Å². The van der Waals surface area contributed by atoms with Crippen molar-refractivity contribution in [2.75, 3.05) is 25.1 Å². The molecule has 21 heavy (non-hydrogen) atoms. The molecule has 5 nitrogen and oxygen atoms in total. The van der Waals surface area contributed by atoms with Gasteiger partial charge in [0, 0.05) is 24.7 Å². The average Bonchev–Trinajstić information content (AvgIpc) is 2.49. The molecule has 1 fully saturated rings. The number of nitrogens with zero attached hydrogens (tertiary/aromatic N) is 2. The van der Waals surface area contributed by atoms with Gasteiger partial charge in [-0.2, -0.15) is 0 Å². The monoisotopic (exact) mass is 290 g/mol. The standard InChI is InChI=1S/C16H22N2O3/c1-11(2)15(19)17-9-10-18(16(20)12(17)3)13-5-7-14(21-4)8-6-13/h5-8,11-12H,9-10H2,1-4H3/t12-/m0/s1. The highest BCUT2D eigenvalue weighted by molar-refractivity contribution is 6.00. The lowest BCUT2D eigenvalue weighted by Crippen LogP contribution is -2.58. The largest absolute Gasteiger partial charge is 0.497 e. The summed E-state index contributed by atoms with van der Waals surface area (Å²) < 4.78 is 5.12. The van der Waals surface area contributed by atoms with Crippen LogP contribution in [0.4, 0.5) is 5.69 Å². The molecule has 0 N–H and O–H groups in total. The van der Waals surface area contributed by atoms with Gasteiger partial charge in [0.25, 0.3) is 0 Å². The van der Waals surface area contributed by atoms with E-state index in [0.717, 1.165) is 11.4 Å². The van der Waals surface area contributed by atoms with Crippen molar-refractivity contribution in [3.63, 3.8) is 0 Å². The van der Waals surface area contributed by atoms with Crippen LogP contribution in [0.2, 0.25) is 0 Å². The summed E-state index contributed by atoms with van der Waals surface area (Å²) in [4.78, 5) is 28.0. The zero-order valence-electron chi connectivity index (χ0n) is 13.0. The molecular formula is C16H22N2O3. The minimum atomic E-state index is -0.421. The molecule has 0 aromatic heterocycles. The topological polar surface area (TPSA) is 49.9 Å². The Bertz CT molecular complexity index is 525. The second-order valence-electron chi connectivity index (χ2n) is 5.55. The van der Waals surface area contributed by atoms with E-state index in [0.29, 0.717) is 13.1 Å². The van der Waals surface area contributed by atoms with Gasteiger partial charge in [0.15, 0.2) is 0 Å². The van der Waals surface area contributed by atoms with Gasteiger partial charge in [-0.05, 0) is 31.2 Å². The van der Waals surface area contributed by atoms with E-state index in [4.69, 9.17) is 4.74 Å². The highest BCUT2D eigenvalue weighted by Crippen LogP contribution is 2.23. The average molecular weight is 290 g/mol. The zero-order valence-corrected chi connectivity index (χ0v) is 13.0. The number of benzene rings is 1. The number of rotatable bonds is 3. The van der Waals surface area contributed by atoms with E-state index in [9.17, 15) is 9.59 Å². The first-order valence-corrected chi connectivity index (χ1v) is 7.21. The van der Waals surface area contributed by atoms with Crippen molar-refractivity contribution < 1.29 is 14.3 Å². The molecule has 0 aliphatic carbocycles. The molecule has 1 aliphatic heterocycles. The molecule has 0 radical (unpaired) electrons. The first-order valence-electron chi connectivity index (χ1n) is 7.21. The van der Waals surface area contributed by atoms with E-state index >= 15 is 0 Å². The summed E-state index contributed by atoms with van der Waals surface area (Å²) in [5.41, 5.74) is 0.837. The molecule has 1 aromatic rings. The van der Waals surface area contributed by atoms with Crippen molar-refractivity contribution >= 4 is 17.5 Å². The number of amides is 2. The maximum Gasteiger partial charge on any atom is 0.249 e. The molecule has 1 saturated heterocycles. The maximum atomic E-state index is 12.5. The molecule has 1 aliphatic rings. The first kappa shape index (κ1) is 15.4. The van der Waals surface area contributed by atoms with Crippen LogP contribution in [-0.4, -0.2) is 43.0 Å². The number of carbonyl (C=O) groups excluding carboxylic acids is 2. The van der Waals surface area contributed by atoms with Crippen LogP contribution in [0.25, 0.3) is 0 Å². The van der Waals surface area contributed by atoms with Crippen LogP contribution in [0.5, 0.6) is 5.75 Å². The fourth-order valence-corrected chi connectivity index (χ4v) is 2.52. The van der Waals surface area contributed by atoms with Crippen LogP contribution in [-0.2, 0) is 9.59 Å². The van der Waals surface area contributed by atoms with Crippen molar-refractivity contribution in [3.8, 4) is 5.75 Å². The Hall–Kier alpha value is -2.04. The Labute approximate surface area is 125 Å². The number of piperazine rings is 1. The van der Waals surface area contributed by atoms with Crippen molar-refractivity contribution in [3.05, 3.63) is 24.3 Å². The second kappa shape index (κ2) is 6.16. The third kappa shape index (κ3) is 3.01. The molecule has 0 unspecified atom stereocenters. The van der Waals surface area contributed by atoms with Crippen molar-refractivity contribution in [2.45, 2.75) is 26.8 Å².